The number of aromatic nitrogens is 1. The topological polar surface area (TPSA) is 169 Å². The number of amides is 2. The molecule has 2 aromatic rings. The number of likely N-dealkylation sites (tertiary alicyclic amines) is 1. The molecule has 1 aliphatic heterocycles. The highest BCUT2D eigenvalue weighted by atomic mass is 32.1. The number of anilines is 1. The molecular formula is C21H19N4O8S-. The second-order valence-corrected chi connectivity index (χ2v) is 7.98. The first-order valence-electron chi connectivity index (χ1n) is 10.0. The van der Waals surface area contributed by atoms with E-state index in [9.17, 15) is 29.3 Å². The lowest BCUT2D eigenvalue weighted by Gasteiger charge is -2.23. The molecule has 178 valence electrons. The minimum absolute atomic E-state index is 0.00199. The SMILES string of the molecule is O=C([S-])C[C@@H]1C[C@H](C(=O)Nc2cccc(C(=O)O)n2)N(C(=O)OCc2ccc([N+](=O)[O-])cc2)C1. The van der Waals surface area contributed by atoms with Crippen LogP contribution in [0, 0.1) is 16.0 Å². The number of carboxylic acids is 1. The molecule has 3 rings (SSSR count). The number of carbonyl (C=O) groups excluding carboxylic acids is 3. The molecule has 2 amide bonds. The van der Waals surface area contributed by atoms with Crippen LogP contribution >= 0.6 is 0 Å². The Morgan fingerprint density at radius 1 is 1.21 bits per heavy atom. The van der Waals surface area contributed by atoms with Gasteiger partial charge in [0.1, 0.15) is 18.5 Å². The van der Waals surface area contributed by atoms with Crippen LogP contribution in [0.4, 0.5) is 16.3 Å². The molecule has 0 aliphatic carbocycles. The molecule has 1 fully saturated rings. The highest BCUT2D eigenvalue weighted by molar-refractivity contribution is 7.77. The van der Waals surface area contributed by atoms with Crippen molar-refractivity contribution in [1.82, 2.24) is 9.88 Å². The van der Waals surface area contributed by atoms with Crippen molar-refractivity contribution < 1.29 is 33.9 Å². The summed E-state index contributed by atoms with van der Waals surface area (Å²) in [6, 6.07) is 8.52. The number of carbonyl (C=O) groups is 4. The molecule has 0 bridgehead atoms. The summed E-state index contributed by atoms with van der Waals surface area (Å²) in [5, 5.41) is 21.8. The number of ether oxygens (including phenoxy) is 1. The van der Waals surface area contributed by atoms with E-state index in [2.05, 4.69) is 22.9 Å². The lowest BCUT2D eigenvalue weighted by atomic mass is 10.0. The second kappa shape index (κ2) is 10.7. The van der Waals surface area contributed by atoms with Gasteiger partial charge in [-0.15, -0.1) is 0 Å². The number of nitro benzene ring substituents is 1. The summed E-state index contributed by atoms with van der Waals surface area (Å²) < 4.78 is 5.28. The van der Waals surface area contributed by atoms with Crippen molar-refractivity contribution in [3.8, 4) is 0 Å². The molecule has 0 spiro atoms. The van der Waals surface area contributed by atoms with Gasteiger partial charge in [-0.3, -0.25) is 19.8 Å². The maximum absolute atomic E-state index is 12.9. The summed E-state index contributed by atoms with van der Waals surface area (Å²) in [7, 11) is 0. The van der Waals surface area contributed by atoms with Crippen LogP contribution in [0.1, 0.15) is 28.9 Å². The van der Waals surface area contributed by atoms with E-state index in [1.54, 1.807) is 0 Å². The van der Waals surface area contributed by atoms with E-state index in [0.717, 1.165) is 0 Å². The zero-order chi connectivity index (χ0) is 24.8. The molecule has 0 unspecified atom stereocenters. The third-order valence-corrected chi connectivity index (χ3v) is 5.28. The average molecular weight is 487 g/mol. The number of nitro groups is 1. The zero-order valence-electron chi connectivity index (χ0n) is 17.6. The van der Waals surface area contributed by atoms with Gasteiger partial charge in [-0.05, 0) is 48.6 Å². The van der Waals surface area contributed by atoms with E-state index in [1.807, 2.05) is 0 Å². The van der Waals surface area contributed by atoms with E-state index in [4.69, 9.17) is 9.84 Å². The van der Waals surface area contributed by atoms with Gasteiger partial charge in [-0.1, -0.05) is 6.07 Å². The smallest absolute Gasteiger partial charge is 0.410 e. The molecule has 1 saturated heterocycles. The molecule has 2 heterocycles. The maximum atomic E-state index is 12.9. The van der Waals surface area contributed by atoms with Gasteiger partial charge in [0, 0.05) is 23.8 Å². The first-order valence-corrected chi connectivity index (χ1v) is 10.4. The largest absolute Gasteiger partial charge is 0.742 e. The van der Waals surface area contributed by atoms with Gasteiger partial charge < -0.3 is 32.6 Å². The van der Waals surface area contributed by atoms with Crippen LogP contribution in [-0.2, 0) is 33.6 Å². The van der Waals surface area contributed by atoms with E-state index in [1.165, 1.54) is 47.4 Å². The molecule has 12 nitrogen and oxygen atoms in total. The monoisotopic (exact) mass is 487 g/mol. The lowest BCUT2D eigenvalue weighted by Crippen LogP contribution is -2.43. The van der Waals surface area contributed by atoms with Crippen molar-refractivity contribution in [2.24, 2.45) is 5.92 Å². The number of carboxylic acid groups (broad SMARTS) is 1. The predicted molar refractivity (Wildman–Crippen MR) is 119 cm³/mol. The third kappa shape index (κ3) is 6.22. The van der Waals surface area contributed by atoms with E-state index in [-0.39, 0.29) is 49.1 Å². The molecule has 1 aromatic carbocycles. The first-order chi connectivity index (χ1) is 16.1. The number of nitrogens with one attached hydrogen (secondary N) is 1. The van der Waals surface area contributed by atoms with Gasteiger partial charge in [-0.2, -0.15) is 0 Å². The number of non-ortho nitro benzene ring substituents is 1. The van der Waals surface area contributed by atoms with Crippen molar-refractivity contribution in [2.75, 3.05) is 11.9 Å². The Hall–Kier alpha value is -4.13. The van der Waals surface area contributed by atoms with Gasteiger partial charge in [0.05, 0.1) is 4.92 Å². The summed E-state index contributed by atoms with van der Waals surface area (Å²) in [5.74, 6) is -2.25. The summed E-state index contributed by atoms with van der Waals surface area (Å²) in [6.45, 7) is -0.128. The van der Waals surface area contributed by atoms with Crippen LogP contribution in [0.25, 0.3) is 0 Å². The van der Waals surface area contributed by atoms with Gasteiger partial charge in [0.25, 0.3) is 5.69 Å². The summed E-state index contributed by atoms with van der Waals surface area (Å²) in [4.78, 5) is 63.3. The van der Waals surface area contributed by atoms with Gasteiger partial charge >= 0.3 is 12.1 Å². The number of hydrogen-bond donors (Lipinski definition) is 2. The standard InChI is InChI=1S/C21H20N4O8S/c26-18(34)9-13-8-16(19(27)23-17-3-1-2-15(22-17)20(28)29)24(10-13)21(30)33-11-12-4-6-14(7-5-12)25(31)32/h1-7,13,16H,8-11H2,(H,26,34)(H,28,29)(H,22,23,27)/p-1/t13-,16+/m0/s1. The highest BCUT2D eigenvalue weighted by Crippen LogP contribution is 2.28. The van der Waals surface area contributed by atoms with Crippen LogP contribution in [0.5, 0.6) is 0 Å². The molecule has 0 saturated carbocycles. The Balaban J connectivity index is 1.70. The molecule has 2 atom stereocenters. The Morgan fingerprint density at radius 3 is 2.53 bits per heavy atom. The second-order valence-electron chi connectivity index (χ2n) is 7.53. The zero-order valence-corrected chi connectivity index (χ0v) is 18.4. The van der Waals surface area contributed by atoms with Crippen LogP contribution in [0.2, 0.25) is 0 Å². The molecule has 1 aliphatic rings. The minimum Gasteiger partial charge on any atom is -0.742 e. The fourth-order valence-corrected chi connectivity index (χ4v) is 3.77. The highest BCUT2D eigenvalue weighted by Gasteiger charge is 2.40. The van der Waals surface area contributed by atoms with Crippen LogP contribution in [0.15, 0.2) is 42.5 Å². The lowest BCUT2D eigenvalue weighted by molar-refractivity contribution is -0.384. The van der Waals surface area contributed by atoms with E-state index >= 15 is 0 Å². The molecular weight excluding hydrogens is 468 g/mol. The number of hydrogen-bond acceptors (Lipinski definition) is 9. The molecule has 13 heteroatoms. The Labute approximate surface area is 198 Å². The number of rotatable bonds is 8. The number of aromatic carboxylic acids is 1. The van der Waals surface area contributed by atoms with Crippen molar-refractivity contribution >= 4 is 47.2 Å². The van der Waals surface area contributed by atoms with Gasteiger partial charge in [0.15, 0.2) is 5.69 Å². The average Bonchev–Trinajstić information content (AvgIpc) is 3.21. The fourth-order valence-electron chi connectivity index (χ4n) is 3.53. The Kier molecular flexibility index (Phi) is 7.68. The van der Waals surface area contributed by atoms with Crippen LogP contribution in [-0.4, -0.2) is 55.6 Å². The third-order valence-electron chi connectivity index (χ3n) is 5.11. The normalized spacial score (nSPS) is 17.1. The molecule has 0 radical (unpaired) electrons. The van der Waals surface area contributed by atoms with Gasteiger partial charge in [0.2, 0.25) is 5.91 Å². The number of nitrogens with zero attached hydrogens (tertiary/aromatic N) is 3. The molecule has 2 N–H and O–H groups in total. The molecule has 34 heavy (non-hydrogen) atoms. The molecule has 1 aromatic heterocycles. The van der Waals surface area contributed by atoms with E-state index in [0.29, 0.717) is 5.56 Å². The van der Waals surface area contributed by atoms with Crippen molar-refractivity contribution in [1.29, 1.82) is 0 Å². The summed E-state index contributed by atoms with van der Waals surface area (Å²) in [6.07, 6.45) is -0.664. The van der Waals surface area contributed by atoms with Crippen molar-refractivity contribution in [3.63, 3.8) is 0 Å². The first kappa shape index (κ1) is 24.5. The maximum Gasteiger partial charge on any atom is 0.410 e. The number of benzene rings is 1. The van der Waals surface area contributed by atoms with Crippen molar-refractivity contribution in [2.45, 2.75) is 25.5 Å². The van der Waals surface area contributed by atoms with Crippen molar-refractivity contribution in [3.05, 3.63) is 63.8 Å². The Morgan fingerprint density at radius 2 is 1.91 bits per heavy atom. The van der Waals surface area contributed by atoms with Crippen LogP contribution in [0.3, 0.4) is 0 Å². The summed E-state index contributed by atoms with van der Waals surface area (Å²) in [5.41, 5.74) is 0.132. The Bertz CT molecular complexity index is 1120. The predicted octanol–water partition coefficient (Wildman–Crippen LogP) is 2.12. The minimum atomic E-state index is -1.27. The fraction of sp³-hybridized carbons (Fsp3) is 0.286. The number of pyridine rings is 1. The summed E-state index contributed by atoms with van der Waals surface area (Å²) >= 11 is 4.62. The van der Waals surface area contributed by atoms with Crippen LogP contribution < -0.4 is 5.32 Å². The van der Waals surface area contributed by atoms with Gasteiger partial charge in [-0.25, -0.2) is 14.6 Å². The quantitative estimate of drug-likeness (QED) is 0.319. The van der Waals surface area contributed by atoms with E-state index < -0.39 is 34.1 Å².